The van der Waals surface area contributed by atoms with Crippen molar-refractivity contribution in [2.45, 2.75) is 33.4 Å². The molecule has 0 bridgehead atoms. The van der Waals surface area contributed by atoms with Crippen molar-refractivity contribution >= 4 is 18.0 Å². The number of hydrazone groups is 1. The fraction of sp³-hybridized carbons (Fsp3) is 0.250. The number of carbonyl (C=O) groups is 2. The first-order chi connectivity index (χ1) is 17.4. The lowest BCUT2D eigenvalue weighted by molar-refractivity contribution is -0.123. The molecule has 0 saturated heterocycles. The van der Waals surface area contributed by atoms with Crippen molar-refractivity contribution in [2.24, 2.45) is 11.0 Å². The summed E-state index contributed by atoms with van der Waals surface area (Å²) in [5.41, 5.74) is 4.04. The van der Waals surface area contributed by atoms with Gasteiger partial charge in [0.15, 0.2) is 11.5 Å². The van der Waals surface area contributed by atoms with Gasteiger partial charge in [-0.15, -0.1) is 0 Å². The molecule has 0 aliphatic rings. The molecule has 2 amide bonds. The molecular formula is C28H30FN3O4. The maximum Gasteiger partial charge on any atom is 0.262 e. The van der Waals surface area contributed by atoms with Crippen LogP contribution in [-0.2, 0) is 11.4 Å². The van der Waals surface area contributed by atoms with E-state index in [1.807, 2.05) is 37.3 Å². The second-order valence-electron chi connectivity index (χ2n) is 8.32. The maximum absolute atomic E-state index is 13.9. The van der Waals surface area contributed by atoms with Crippen molar-refractivity contribution in [3.05, 3.63) is 95.3 Å². The SMILES string of the molecule is CCOc1cc(C=NNC(=O)C(NC(=O)c2ccccc2F)C(C)C)ccc1OCc1ccccc1. The highest BCUT2D eigenvalue weighted by molar-refractivity contribution is 5.98. The number of carbonyl (C=O) groups excluding carboxylic acids is 2. The molecule has 3 rings (SSSR count). The number of rotatable bonds is 11. The third-order valence-corrected chi connectivity index (χ3v) is 5.25. The Bertz CT molecular complexity index is 1200. The first kappa shape index (κ1) is 26.4. The van der Waals surface area contributed by atoms with Gasteiger partial charge in [0, 0.05) is 0 Å². The Morgan fingerprint density at radius 1 is 0.972 bits per heavy atom. The van der Waals surface area contributed by atoms with Gasteiger partial charge in [-0.05, 0) is 54.3 Å². The summed E-state index contributed by atoms with van der Waals surface area (Å²) in [6, 6.07) is 19.8. The molecule has 7 nitrogen and oxygen atoms in total. The van der Waals surface area contributed by atoms with Gasteiger partial charge in [-0.25, -0.2) is 9.82 Å². The highest BCUT2D eigenvalue weighted by Gasteiger charge is 2.25. The first-order valence-electron chi connectivity index (χ1n) is 11.7. The Balaban J connectivity index is 1.64. The van der Waals surface area contributed by atoms with E-state index in [0.29, 0.717) is 30.3 Å². The van der Waals surface area contributed by atoms with Crippen molar-refractivity contribution in [3.8, 4) is 11.5 Å². The number of nitrogens with zero attached hydrogens (tertiary/aromatic N) is 1. The average Bonchev–Trinajstić information content (AvgIpc) is 2.87. The van der Waals surface area contributed by atoms with Crippen molar-refractivity contribution in [3.63, 3.8) is 0 Å². The predicted molar refractivity (Wildman–Crippen MR) is 137 cm³/mol. The van der Waals surface area contributed by atoms with Crippen LogP contribution < -0.4 is 20.2 Å². The second kappa shape index (κ2) is 13.0. The monoisotopic (exact) mass is 491 g/mol. The Morgan fingerprint density at radius 2 is 1.69 bits per heavy atom. The average molecular weight is 492 g/mol. The van der Waals surface area contributed by atoms with Crippen LogP contribution in [0.3, 0.4) is 0 Å². The minimum Gasteiger partial charge on any atom is -0.490 e. The van der Waals surface area contributed by atoms with Crippen molar-refractivity contribution in [1.82, 2.24) is 10.7 Å². The van der Waals surface area contributed by atoms with E-state index in [1.54, 1.807) is 38.1 Å². The molecule has 0 aliphatic carbocycles. The first-order valence-corrected chi connectivity index (χ1v) is 11.7. The lowest BCUT2D eigenvalue weighted by atomic mass is 10.0. The van der Waals surface area contributed by atoms with Crippen molar-refractivity contribution < 1.29 is 23.5 Å². The number of ether oxygens (including phenoxy) is 2. The lowest BCUT2D eigenvalue weighted by Gasteiger charge is -2.20. The largest absolute Gasteiger partial charge is 0.490 e. The van der Waals surface area contributed by atoms with Gasteiger partial charge < -0.3 is 14.8 Å². The van der Waals surface area contributed by atoms with E-state index in [4.69, 9.17) is 9.47 Å². The summed E-state index contributed by atoms with van der Waals surface area (Å²) in [7, 11) is 0. The summed E-state index contributed by atoms with van der Waals surface area (Å²) in [4.78, 5) is 25.2. The van der Waals surface area contributed by atoms with Crippen LogP contribution in [0.4, 0.5) is 4.39 Å². The van der Waals surface area contributed by atoms with E-state index in [-0.39, 0.29) is 11.5 Å². The van der Waals surface area contributed by atoms with E-state index in [9.17, 15) is 14.0 Å². The highest BCUT2D eigenvalue weighted by Crippen LogP contribution is 2.29. The van der Waals surface area contributed by atoms with E-state index < -0.39 is 23.7 Å². The minimum atomic E-state index is -0.901. The maximum atomic E-state index is 13.9. The number of nitrogens with one attached hydrogen (secondary N) is 2. The molecule has 188 valence electrons. The number of hydrogen-bond donors (Lipinski definition) is 2. The van der Waals surface area contributed by atoms with Crippen molar-refractivity contribution in [1.29, 1.82) is 0 Å². The zero-order valence-electron chi connectivity index (χ0n) is 20.5. The third kappa shape index (κ3) is 7.40. The standard InChI is InChI=1S/C28H30FN3O4/c1-4-35-25-16-21(14-15-24(25)36-18-20-10-6-5-7-11-20)17-30-32-28(34)26(19(2)3)31-27(33)22-12-8-9-13-23(22)29/h5-17,19,26H,4,18H2,1-3H3,(H,31,33)(H,32,34). The van der Waals surface area contributed by atoms with Crippen LogP contribution in [0, 0.1) is 11.7 Å². The topological polar surface area (TPSA) is 89.0 Å². The smallest absolute Gasteiger partial charge is 0.262 e. The van der Waals surface area contributed by atoms with Gasteiger partial charge in [-0.1, -0.05) is 56.3 Å². The Morgan fingerprint density at radius 3 is 2.39 bits per heavy atom. The quantitative estimate of drug-likeness (QED) is 0.300. The molecule has 3 aromatic carbocycles. The fourth-order valence-electron chi connectivity index (χ4n) is 3.37. The Hall–Kier alpha value is -4.20. The van der Waals surface area contributed by atoms with Gasteiger partial charge in [0.1, 0.15) is 18.5 Å². The van der Waals surface area contributed by atoms with Crippen LogP contribution in [0.15, 0.2) is 77.9 Å². The molecule has 0 aromatic heterocycles. The number of halogens is 1. The number of hydrogen-bond acceptors (Lipinski definition) is 5. The van der Waals surface area contributed by atoms with Crippen LogP contribution in [0.25, 0.3) is 0 Å². The molecule has 2 N–H and O–H groups in total. The molecular weight excluding hydrogens is 461 g/mol. The minimum absolute atomic E-state index is 0.127. The summed E-state index contributed by atoms with van der Waals surface area (Å²) < 4.78 is 25.5. The zero-order valence-corrected chi connectivity index (χ0v) is 20.5. The molecule has 0 radical (unpaired) electrons. The molecule has 1 atom stereocenters. The van der Waals surface area contributed by atoms with E-state index in [1.165, 1.54) is 24.4 Å². The van der Waals surface area contributed by atoms with Crippen LogP contribution in [0.2, 0.25) is 0 Å². The second-order valence-corrected chi connectivity index (χ2v) is 8.32. The van der Waals surface area contributed by atoms with E-state index in [2.05, 4.69) is 15.8 Å². The summed E-state index contributed by atoms with van der Waals surface area (Å²) in [6.45, 7) is 6.29. The molecule has 1 unspecified atom stereocenters. The zero-order chi connectivity index (χ0) is 25.9. The van der Waals surface area contributed by atoms with Crippen LogP contribution >= 0.6 is 0 Å². The van der Waals surface area contributed by atoms with Crippen LogP contribution in [0.5, 0.6) is 11.5 Å². The molecule has 0 heterocycles. The lowest BCUT2D eigenvalue weighted by Crippen LogP contribution is -2.48. The molecule has 8 heteroatoms. The van der Waals surface area contributed by atoms with Gasteiger partial charge in [-0.3, -0.25) is 9.59 Å². The highest BCUT2D eigenvalue weighted by atomic mass is 19.1. The molecule has 0 spiro atoms. The Kier molecular flexibility index (Phi) is 9.56. The molecule has 0 fully saturated rings. The predicted octanol–water partition coefficient (Wildman–Crippen LogP) is 4.71. The van der Waals surface area contributed by atoms with Crippen LogP contribution in [0.1, 0.15) is 42.3 Å². The molecule has 0 saturated carbocycles. The molecule has 3 aromatic rings. The van der Waals surface area contributed by atoms with Gasteiger partial charge in [-0.2, -0.15) is 5.10 Å². The molecule has 0 aliphatic heterocycles. The van der Waals surface area contributed by atoms with Gasteiger partial charge in [0.25, 0.3) is 11.8 Å². The summed E-state index contributed by atoms with van der Waals surface area (Å²) in [6.07, 6.45) is 1.47. The normalized spacial score (nSPS) is 11.8. The summed E-state index contributed by atoms with van der Waals surface area (Å²) in [5.74, 6) is -0.936. The summed E-state index contributed by atoms with van der Waals surface area (Å²) >= 11 is 0. The molecule has 36 heavy (non-hydrogen) atoms. The number of amides is 2. The number of benzene rings is 3. The van der Waals surface area contributed by atoms with Gasteiger partial charge in [0.2, 0.25) is 0 Å². The van der Waals surface area contributed by atoms with E-state index in [0.717, 1.165) is 5.56 Å². The van der Waals surface area contributed by atoms with Gasteiger partial charge in [0.05, 0.1) is 18.4 Å². The van der Waals surface area contributed by atoms with Gasteiger partial charge >= 0.3 is 0 Å². The van der Waals surface area contributed by atoms with E-state index >= 15 is 0 Å². The summed E-state index contributed by atoms with van der Waals surface area (Å²) in [5, 5.41) is 6.60. The third-order valence-electron chi connectivity index (χ3n) is 5.25. The Labute approximate surface area is 210 Å². The van der Waals surface area contributed by atoms with Crippen LogP contribution in [-0.4, -0.2) is 30.7 Å². The fourth-order valence-corrected chi connectivity index (χ4v) is 3.37. The van der Waals surface area contributed by atoms with Crippen molar-refractivity contribution in [2.75, 3.05) is 6.61 Å².